The van der Waals surface area contributed by atoms with Crippen LogP contribution in [0.1, 0.15) is 28.8 Å². The molecule has 36 heavy (non-hydrogen) atoms. The lowest BCUT2D eigenvalue weighted by molar-refractivity contribution is -0.108. The van der Waals surface area contributed by atoms with Crippen molar-refractivity contribution in [2.24, 2.45) is 5.92 Å². The van der Waals surface area contributed by atoms with E-state index in [-0.39, 0.29) is 17.9 Å². The number of halogens is 1. The second-order valence-corrected chi connectivity index (χ2v) is 10.2. The molecule has 192 valence electrons. The smallest absolute Gasteiger partial charge is 0.324 e. The lowest BCUT2D eigenvalue weighted by Crippen LogP contribution is -2.53. The third-order valence-electron chi connectivity index (χ3n) is 6.65. The van der Waals surface area contributed by atoms with Gasteiger partial charge in [-0.2, -0.15) is 0 Å². The Morgan fingerprint density at radius 1 is 1.08 bits per heavy atom. The molecule has 1 atom stereocenters. The van der Waals surface area contributed by atoms with Crippen molar-refractivity contribution >= 4 is 39.8 Å². The zero-order chi connectivity index (χ0) is 25.3. The van der Waals surface area contributed by atoms with E-state index in [2.05, 4.69) is 26.1 Å². The first-order chi connectivity index (χ1) is 17.5. The van der Waals surface area contributed by atoms with Gasteiger partial charge in [0.25, 0.3) is 5.91 Å². The van der Waals surface area contributed by atoms with Crippen LogP contribution < -0.4 is 10.2 Å². The molecule has 2 aliphatic heterocycles. The number of ether oxygens (including phenoxy) is 1. The highest BCUT2D eigenvalue weighted by atomic mass is 79.9. The summed E-state index contributed by atoms with van der Waals surface area (Å²) in [7, 11) is 0. The summed E-state index contributed by atoms with van der Waals surface area (Å²) in [6.45, 7) is 6.18. The van der Waals surface area contributed by atoms with Gasteiger partial charge in [0.05, 0.1) is 13.2 Å². The second-order valence-electron chi connectivity index (χ2n) is 9.24. The van der Waals surface area contributed by atoms with Gasteiger partial charge in [0.1, 0.15) is 6.29 Å². The predicted octanol–water partition coefficient (Wildman–Crippen LogP) is 3.55. The van der Waals surface area contributed by atoms with Gasteiger partial charge in [0.15, 0.2) is 0 Å². The average molecular weight is 557 g/mol. The standard InChI is InChI=1S/C27H33BrN4O4/c28-23-6-8-24(9-7-23)32-19-21(10-15-33)18-31(27(32)35)20-22-4-1-2-5-25(22)26(34)29-11-3-12-30-13-16-36-17-14-30/h1-2,4-9,15,21H,3,10-14,16-20H2,(H,29,34). The first-order valence-electron chi connectivity index (χ1n) is 12.5. The van der Waals surface area contributed by atoms with E-state index in [4.69, 9.17) is 4.74 Å². The van der Waals surface area contributed by atoms with Crippen LogP contribution >= 0.6 is 15.9 Å². The van der Waals surface area contributed by atoms with E-state index in [1.165, 1.54) is 0 Å². The van der Waals surface area contributed by atoms with Crippen LogP contribution in [0.5, 0.6) is 0 Å². The number of rotatable bonds is 10. The van der Waals surface area contributed by atoms with Gasteiger partial charge >= 0.3 is 6.03 Å². The van der Waals surface area contributed by atoms with Crippen LogP contribution in [-0.2, 0) is 16.1 Å². The molecule has 0 radical (unpaired) electrons. The molecule has 9 heteroatoms. The Morgan fingerprint density at radius 3 is 2.58 bits per heavy atom. The molecular weight excluding hydrogens is 524 g/mol. The lowest BCUT2D eigenvalue weighted by atomic mass is 10.0. The quantitative estimate of drug-likeness (QED) is 0.357. The van der Waals surface area contributed by atoms with Crippen LogP contribution in [0.3, 0.4) is 0 Å². The van der Waals surface area contributed by atoms with E-state index in [1.807, 2.05) is 42.5 Å². The van der Waals surface area contributed by atoms with Gasteiger partial charge in [-0.15, -0.1) is 0 Å². The Hall–Kier alpha value is -2.75. The minimum atomic E-state index is -0.133. The molecule has 2 aromatic carbocycles. The molecule has 0 bridgehead atoms. The fourth-order valence-electron chi connectivity index (χ4n) is 4.72. The van der Waals surface area contributed by atoms with Crippen LogP contribution in [0.4, 0.5) is 10.5 Å². The van der Waals surface area contributed by atoms with Crippen molar-refractivity contribution in [3.8, 4) is 0 Å². The maximum atomic E-state index is 13.4. The maximum absolute atomic E-state index is 13.4. The van der Waals surface area contributed by atoms with E-state index < -0.39 is 0 Å². The number of carbonyl (C=O) groups excluding carboxylic acids is 3. The van der Waals surface area contributed by atoms with Crippen molar-refractivity contribution < 1.29 is 19.1 Å². The molecule has 2 heterocycles. The lowest BCUT2D eigenvalue weighted by Gasteiger charge is -2.40. The number of aldehydes is 1. The Kier molecular flexibility index (Phi) is 9.49. The molecule has 0 saturated carbocycles. The van der Waals surface area contributed by atoms with Gasteiger partial charge in [-0.3, -0.25) is 14.6 Å². The Bertz CT molecular complexity index is 1040. The van der Waals surface area contributed by atoms with Gasteiger partial charge in [0.2, 0.25) is 0 Å². The van der Waals surface area contributed by atoms with Gasteiger partial charge < -0.3 is 19.7 Å². The first-order valence-corrected chi connectivity index (χ1v) is 13.3. The Morgan fingerprint density at radius 2 is 1.83 bits per heavy atom. The number of anilines is 1. The van der Waals surface area contributed by atoms with E-state index in [0.29, 0.717) is 38.2 Å². The van der Waals surface area contributed by atoms with Crippen LogP contribution in [0.2, 0.25) is 0 Å². The van der Waals surface area contributed by atoms with Crippen molar-refractivity contribution in [2.75, 3.05) is 57.4 Å². The number of benzene rings is 2. The summed E-state index contributed by atoms with van der Waals surface area (Å²) in [5.74, 6) is -0.115. The van der Waals surface area contributed by atoms with Gasteiger partial charge in [-0.1, -0.05) is 34.1 Å². The number of nitrogens with zero attached hydrogens (tertiary/aromatic N) is 3. The van der Waals surface area contributed by atoms with Crippen molar-refractivity contribution in [3.05, 3.63) is 64.1 Å². The van der Waals surface area contributed by atoms with Crippen molar-refractivity contribution in [1.82, 2.24) is 15.1 Å². The van der Waals surface area contributed by atoms with Crippen LogP contribution in [0, 0.1) is 5.92 Å². The fourth-order valence-corrected chi connectivity index (χ4v) is 4.98. The minimum Gasteiger partial charge on any atom is -0.379 e. The monoisotopic (exact) mass is 556 g/mol. The molecule has 2 aliphatic rings. The van der Waals surface area contributed by atoms with Crippen LogP contribution in [0.15, 0.2) is 53.0 Å². The molecule has 4 rings (SSSR count). The minimum absolute atomic E-state index is 0.0185. The number of amides is 3. The van der Waals surface area contributed by atoms with E-state index in [9.17, 15) is 14.4 Å². The van der Waals surface area contributed by atoms with Crippen molar-refractivity contribution in [3.63, 3.8) is 0 Å². The molecule has 2 aromatic rings. The topological polar surface area (TPSA) is 82.2 Å². The molecule has 0 spiro atoms. The Labute approximate surface area is 220 Å². The third-order valence-corrected chi connectivity index (χ3v) is 7.18. The van der Waals surface area contributed by atoms with Gasteiger partial charge in [-0.05, 0) is 48.9 Å². The number of morpholine rings is 1. The highest BCUT2D eigenvalue weighted by Crippen LogP contribution is 2.27. The summed E-state index contributed by atoms with van der Waals surface area (Å²) in [5.41, 5.74) is 2.15. The summed E-state index contributed by atoms with van der Waals surface area (Å²) in [4.78, 5) is 43.6. The molecule has 8 nitrogen and oxygen atoms in total. The summed E-state index contributed by atoms with van der Waals surface area (Å²) < 4.78 is 6.31. The number of hydrogen-bond acceptors (Lipinski definition) is 5. The maximum Gasteiger partial charge on any atom is 0.324 e. The number of nitrogens with one attached hydrogen (secondary N) is 1. The summed E-state index contributed by atoms with van der Waals surface area (Å²) in [6.07, 6.45) is 2.16. The molecule has 0 aliphatic carbocycles. The SMILES string of the molecule is O=CCC1CN(Cc2ccccc2C(=O)NCCCN2CCOCC2)C(=O)N(c2ccc(Br)cc2)C1. The van der Waals surface area contributed by atoms with Gasteiger partial charge in [0, 0.05) is 67.3 Å². The van der Waals surface area contributed by atoms with Crippen molar-refractivity contribution in [2.45, 2.75) is 19.4 Å². The summed E-state index contributed by atoms with van der Waals surface area (Å²) >= 11 is 3.44. The van der Waals surface area contributed by atoms with Gasteiger partial charge in [-0.25, -0.2) is 4.79 Å². The normalized spacial score (nSPS) is 18.8. The summed E-state index contributed by atoms with van der Waals surface area (Å²) in [6, 6.07) is 14.9. The van der Waals surface area contributed by atoms with E-state index in [0.717, 1.165) is 61.3 Å². The third kappa shape index (κ3) is 6.93. The largest absolute Gasteiger partial charge is 0.379 e. The molecule has 0 aromatic heterocycles. The molecule has 2 fully saturated rings. The molecule has 1 unspecified atom stereocenters. The van der Waals surface area contributed by atoms with Crippen molar-refractivity contribution in [1.29, 1.82) is 0 Å². The Balaban J connectivity index is 1.41. The molecule has 3 amide bonds. The molecule has 1 N–H and O–H groups in total. The number of urea groups is 1. The highest BCUT2D eigenvalue weighted by molar-refractivity contribution is 9.10. The van der Waals surface area contributed by atoms with E-state index >= 15 is 0 Å². The van der Waals surface area contributed by atoms with Crippen LogP contribution in [0.25, 0.3) is 0 Å². The average Bonchev–Trinajstić information content (AvgIpc) is 2.90. The first kappa shape index (κ1) is 26.3. The highest BCUT2D eigenvalue weighted by Gasteiger charge is 2.33. The summed E-state index contributed by atoms with van der Waals surface area (Å²) in [5, 5.41) is 3.03. The molecular formula is C27H33BrN4O4. The molecule has 2 saturated heterocycles. The number of hydrogen-bond donors (Lipinski definition) is 1. The number of carbonyl (C=O) groups is 3. The second kappa shape index (κ2) is 13.0. The van der Waals surface area contributed by atoms with E-state index in [1.54, 1.807) is 15.9 Å². The van der Waals surface area contributed by atoms with Crippen LogP contribution in [-0.4, -0.2) is 80.5 Å². The predicted molar refractivity (Wildman–Crippen MR) is 142 cm³/mol. The zero-order valence-electron chi connectivity index (χ0n) is 20.4. The zero-order valence-corrected chi connectivity index (χ0v) is 22.0. The fraction of sp³-hybridized carbons (Fsp3) is 0.444.